The molecule has 2 aliphatic rings. The Hall–Kier alpha value is -2.73. The Labute approximate surface area is 184 Å². The van der Waals surface area contributed by atoms with E-state index in [4.69, 9.17) is 4.74 Å². The number of hydrogen-bond donors (Lipinski definition) is 1. The molecule has 2 amide bonds. The Bertz CT molecular complexity index is 911. The fourth-order valence-corrected chi connectivity index (χ4v) is 4.87. The topological polar surface area (TPSA) is 71.5 Å². The number of hydrogen-bond acceptors (Lipinski definition) is 4. The average Bonchev–Trinajstić information content (AvgIpc) is 2.84. The second-order valence-electron chi connectivity index (χ2n) is 8.63. The summed E-state index contributed by atoms with van der Waals surface area (Å²) in [7, 11) is 1.63. The van der Waals surface area contributed by atoms with Crippen LogP contribution >= 0.6 is 0 Å². The minimum Gasteiger partial charge on any atom is -0.361 e. The van der Waals surface area contributed by atoms with Crippen molar-refractivity contribution in [3.63, 3.8) is 0 Å². The molecule has 1 aliphatic carbocycles. The first-order valence-corrected chi connectivity index (χ1v) is 11.3. The first-order valence-electron chi connectivity index (χ1n) is 11.3. The van der Waals surface area contributed by atoms with Crippen LogP contribution in [-0.4, -0.2) is 54.0 Å². The van der Waals surface area contributed by atoms with E-state index in [1.165, 1.54) is 6.42 Å². The molecule has 1 atom stereocenters. The van der Waals surface area contributed by atoms with Gasteiger partial charge in [-0.3, -0.25) is 14.6 Å². The highest BCUT2D eigenvalue weighted by Gasteiger charge is 2.45. The highest BCUT2D eigenvalue weighted by atomic mass is 16.5. The van der Waals surface area contributed by atoms with Crippen LogP contribution in [0.15, 0.2) is 48.8 Å². The summed E-state index contributed by atoms with van der Waals surface area (Å²) in [5.41, 5.74) is 2.07. The molecule has 164 valence electrons. The number of nitrogens with zero attached hydrogens (tertiary/aromatic N) is 2. The SMILES string of the molecule is CNC(=O)[C@@]1(Cc2cccc(-c3ccncc3)c2)CN(C(=O)C2CCCCC2)CCO1. The molecule has 1 N–H and O–H groups in total. The number of carbonyl (C=O) groups is 2. The van der Waals surface area contributed by atoms with E-state index in [1.807, 2.05) is 35.2 Å². The second kappa shape index (κ2) is 9.60. The largest absolute Gasteiger partial charge is 0.361 e. The number of pyridine rings is 1. The Morgan fingerprint density at radius 2 is 1.90 bits per heavy atom. The van der Waals surface area contributed by atoms with Crippen molar-refractivity contribution in [3.8, 4) is 11.1 Å². The van der Waals surface area contributed by atoms with E-state index in [0.29, 0.717) is 26.1 Å². The van der Waals surface area contributed by atoms with Gasteiger partial charge in [-0.2, -0.15) is 0 Å². The van der Waals surface area contributed by atoms with Crippen molar-refractivity contribution in [3.05, 3.63) is 54.4 Å². The van der Waals surface area contributed by atoms with E-state index in [0.717, 1.165) is 42.4 Å². The van der Waals surface area contributed by atoms with Crippen molar-refractivity contribution in [1.82, 2.24) is 15.2 Å². The lowest BCUT2D eigenvalue weighted by Gasteiger charge is -2.42. The summed E-state index contributed by atoms with van der Waals surface area (Å²) in [6, 6.07) is 12.1. The van der Waals surface area contributed by atoms with Crippen molar-refractivity contribution >= 4 is 11.8 Å². The molecule has 6 heteroatoms. The van der Waals surface area contributed by atoms with Gasteiger partial charge in [0.05, 0.1) is 13.2 Å². The fourth-order valence-electron chi connectivity index (χ4n) is 4.87. The zero-order chi connectivity index (χ0) is 21.7. The number of carbonyl (C=O) groups excluding carboxylic acids is 2. The summed E-state index contributed by atoms with van der Waals surface area (Å²) in [5.74, 6) is 0.0917. The van der Waals surface area contributed by atoms with Gasteiger partial charge in [-0.05, 0) is 41.7 Å². The summed E-state index contributed by atoms with van der Waals surface area (Å²) >= 11 is 0. The van der Waals surface area contributed by atoms with Crippen LogP contribution < -0.4 is 5.32 Å². The quantitative estimate of drug-likeness (QED) is 0.805. The molecular weight excluding hydrogens is 390 g/mol. The van der Waals surface area contributed by atoms with Crippen LogP contribution in [0.1, 0.15) is 37.7 Å². The summed E-state index contributed by atoms with van der Waals surface area (Å²) in [4.78, 5) is 32.1. The van der Waals surface area contributed by atoms with Crippen molar-refractivity contribution in [2.24, 2.45) is 5.92 Å². The first kappa shape index (κ1) is 21.5. The molecule has 1 saturated heterocycles. The number of aromatic nitrogens is 1. The van der Waals surface area contributed by atoms with Gasteiger partial charge in [-0.15, -0.1) is 0 Å². The van der Waals surface area contributed by atoms with Crippen LogP contribution in [-0.2, 0) is 20.7 Å². The number of likely N-dealkylation sites (N-methyl/N-ethyl adjacent to an activating group) is 1. The monoisotopic (exact) mass is 421 g/mol. The van der Waals surface area contributed by atoms with Gasteiger partial charge in [0.2, 0.25) is 5.91 Å². The lowest BCUT2D eigenvalue weighted by atomic mass is 9.86. The Morgan fingerprint density at radius 3 is 2.65 bits per heavy atom. The molecule has 4 rings (SSSR count). The molecule has 0 radical (unpaired) electrons. The fraction of sp³-hybridized carbons (Fsp3) is 0.480. The smallest absolute Gasteiger partial charge is 0.254 e. The molecule has 2 heterocycles. The molecule has 6 nitrogen and oxygen atoms in total. The predicted octanol–water partition coefficient (Wildman–Crippen LogP) is 3.22. The van der Waals surface area contributed by atoms with Crippen LogP contribution in [0.25, 0.3) is 11.1 Å². The predicted molar refractivity (Wildman–Crippen MR) is 119 cm³/mol. The number of benzene rings is 1. The molecule has 2 aromatic rings. The normalized spacial score (nSPS) is 22.2. The summed E-state index contributed by atoms with van der Waals surface area (Å²) in [5, 5.41) is 2.77. The maximum Gasteiger partial charge on any atom is 0.254 e. The Morgan fingerprint density at radius 1 is 1.13 bits per heavy atom. The maximum atomic E-state index is 13.2. The number of ether oxygens (including phenoxy) is 1. The molecule has 1 aromatic heterocycles. The Kier molecular flexibility index (Phi) is 6.66. The van der Waals surface area contributed by atoms with Gasteiger partial charge in [0, 0.05) is 38.3 Å². The van der Waals surface area contributed by atoms with Gasteiger partial charge in [0.25, 0.3) is 5.91 Å². The molecule has 0 unspecified atom stereocenters. The zero-order valence-electron chi connectivity index (χ0n) is 18.2. The standard InChI is InChI=1S/C25H31N3O3/c1-26-24(30)25(17-19-6-5-9-22(16-19)20-10-12-27-13-11-20)18-28(14-15-31-25)23(29)21-7-3-2-4-8-21/h5-6,9-13,16,21H,2-4,7-8,14-15,17-18H2,1H3,(H,26,30)/t25-/m1/s1. The molecule has 2 fully saturated rings. The van der Waals surface area contributed by atoms with Crippen LogP contribution in [0, 0.1) is 5.92 Å². The highest BCUT2D eigenvalue weighted by molar-refractivity contribution is 5.87. The van der Waals surface area contributed by atoms with E-state index in [2.05, 4.69) is 16.4 Å². The van der Waals surface area contributed by atoms with Crippen molar-refractivity contribution in [1.29, 1.82) is 0 Å². The third-order valence-electron chi connectivity index (χ3n) is 6.52. The Balaban J connectivity index is 1.57. The van der Waals surface area contributed by atoms with Gasteiger partial charge < -0.3 is 15.0 Å². The van der Waals surface area contributed by atoms with E-state index in [1.54, 1.807) is 19.4 Å². The van der Waals surface area contributed by atoms with Crippen molar-refractivity contribution in [2.75, 3.05) is 26.7 Å². The molecule has 31 heavy (non-hydrogen) atoms. The minimum absolute atomic E-state index is 0.0873. The third kappa shape index (κ3) is 4.79. The molecular formula is C25H31N3O3. The number of nitrogens with one attached hydrogen (secondary N) is 1. The molecule has 1 saturated carbocycles. The van der Waals surface area contributed by atoms with Crippen molar-refractivity contribution < 1.29 is 14.3 Å². The number of morpholine rings is 1. The lowest BCUT2D eigenvalue weighted by Crippen LogP contribution is -2.62. The molecule has 0 spiro atoms. The van der Waals surface area contributed by atoms with Gasteiger partial charge >= 0.3 is 0 Å². The van der Waals surface area contributed by atoms with Gasteiger partial charge in [0.15, 0.2) is 5.60 Å². The molecule has 1 aliphatic heterocycles. The zero-order valence-corrected chi connectivity index (χ0v) is 18.2. The van der Waals surface area contributed by atoms with Gasteiger partial charge in [0.1, 0.15) is 0 Å². The number of rotatable bonds is 5. The minimum atomic E-state index is -1.08. The van der Waals surface area contributed by atoms with Gasteiger partial charge in [-0.25, -0.2) is 0 Å². The van der Waals surface area contributed by atoms with E-state index < -0.39 is 5.60 Å². The van der Waals surface area contributed by atoms with E-state index >= 15 is 0 Å². The van der Waals surface area contributed by atoms with Crippen LogP contribution in [0.4, 0.5) is 0 Å². The summed E-state index contributed by atoms with van der Waals surface area (Å²) < 4.78 is 6.12. The maximum absolute atomic E-state index is 13.2. The average molecular weight is 422 g/mol. The molecule has 0 bridgehead atoms. The van der Waals surface area contributed by atoms with Crippen molar-refractivity contribution in [2.45, 2.75) is 44.1 Å². The number of amides is 2. The second-order valence-corrected chi connectivity index (χ2v) is 8.63. The summed E-state index contributed by atoms with van der Waals surface area (Å²) in [6.45, 7) is 1.21. The highest BCUT2D eigenvalue weighted by Crippen LogP contribution is 2.30. The van der Waals surface area contributed by atoms with E-state index in [-0.39, 0.29) is 17.7 Å². The van der Waals surface area contributed by atoms with Gasteiger partial charge in [-0.1, -0.05) is 43.5 Å². The van der Waals surface area contributed by atoms with Crippen LogP contribution in [0.2, 0.25) is 0 Å². The third-order valence-corrected chi connectivity index (χ3v) is 6.52. The van der Waals surface area contributed by atoms with E-state index in [9.17, 15) is 9.59 Å². The van der Waals surface area contributed by atoms with Crippen LogP contribution in [0.3, 0.4) is 0 Å². The van der Waals surface area contributed by atoms with Crippen LogP contribution in [0.5, 0.6) is 0 Å². The molecule has 1 aromatic carbocycles. The lowest BCUT2D eigenvalue weighted by molar-refractivity contribution is -0.167. The first-order chi connectivity index (χ1) is 15.1. The summed E-state index contributed by atoms with van der Waals surface area (Å²) in [6.07, 6.45) is 9.31.